The fraction of sp³-hybridized carbons (Fsp3) is 0.562. The highest BCUT2D eigenvalue weighted by Crippen LogP contribution is 2.06. The zero-order chi connectivity index (χ0) is 14.9. The van der Waals surface area contributed by atoms with Gasteiger partial charge >= 0.3 is 5.97 Å². The van der Waals surface area contributed by atoms with Crippen LogP contribution in [0.5, 0.6) is 0 Å². The summed E-state index contributed by atoms with van der Waals surface area (Å²) < 4.78 is 10.4. The van der Waals surface area contributed by atoms with Gasteiger partial charge in [0.05, 0.1) is 19.3 Å². The van der Waals surface area contributed by atoms with Crippen LogP contribution in [-0.2, 0) is 20.9 Å². The smallest absolute Gasteiger partial charge is 0.306 e. The van der Waals surface area contributed by atoms with Gasteiger partial charge in [-0.25, -0.2) is 0 Å². The highest BCUT2D eigenvalue weighted by atomic mass is 16.5. The lowest BCUT2D eigenvalue weighted by Gasteiger charge is -2.28. The molecule has 0 saturated carbocycles. The van der Waals surface area contributed by atoms with E-state index in [9.17, 15) is 9.90 Å². The lowest BCUT2D eigenvalue weighted by Crippen LogP contribution is -2.41. The van der Waals surface area contributed by atoms with Gasteiger partial charge in [-0.1, -0.05) is 30.3 Å². The minimum Gasteiger partial charge on any atom is -0.461 e. The number of morpholine rings is 1. The fourth-order valence-corrected chi connectivity index (χ4v) is 2.27. The summed E-state index contributed by atoms with van der Waals surface area (Å²) >= 11 is 0. The zero-order valence-electron chi connectivity index (χ0n) is 12.2. The van der Waals surface area contributed by atoms with Gasteiger partial charge in [0, 0.05) is 26.1 Å². The van der Waals surface area contributed by atoms with E-state index in [0.717, 1.165) is 18.7 Å². The number of hydrogen-bond donors (Lipinski definition) is 1. The summed E-state index contributed by atoms with van der Waals surface area (Å²) in [7, 11) is 0. The number of ether oxygens (including phenoxy) is 2. The first-order valence-electron chi connectivity index (χ1n) is 7.42. The predicted molar refractivity (Wildman–Crippen MR) is 78.7 cm³/mol. The van der Waals surface area contributed by atoms with Crippen molar-refractivity contribution in [1.82, 2.24) is 4.90 Å². The lowest BCUT2D eigenvalue weighted by molar-refractivity contribution is -0.145. The van der Waals surface area contributed by atoms with Crippen LogP contribution >= 0.6 is 0 Å². The average molecular weight is 293 g/mol. The summed E-state index contributed by atoms with van der Waals surface area (Å²) in [6.07, 6.45) is 0.191. The molecule has 1 atom stereocenters. The van der Waals surface area contributed by atoms with Gasteiger partial charge in [-0.2, -0.15) is 0 Å². The summed E-state index contributed by atoms with van der Waals surface area (Å²) in [4.78, 5) is 13.8. The van der Waals surface area contributed by atoms with Crippen molar-refractivity contribution in [2.24, 2.45) is 0 Å². The number of aliphatic hydroxyl groups excluding tert-OH is 1. The third-order valence-corrected chi connectivity index (χ3v) is 3.50. The molecule has 1 aromatic rings. The predicted octanol–water partition coefficient (Wildman–Crippen LogP) is 1.20. The molecule has 5 nitrogen and oxygen atoms in total. The molecule has 0 unspecified atom stereocenters. The first-order chi connectivity index (χ1) is 10.2. The van der Waals surface area contributed by atoms with Crippen molar-refractivity contribution in [3.05, 3.63) is 35.9 Å². The van der Waals surface area contributed by atoms with Crippen LogP contribution in [0.15, 0.2) is 30.3 Å². The maximum absolute atomic E-state index is 11.6. The Hall–Kier alpha value is -1.43. The highest BCUT2D eigenvalue weighted by Gasteiger charge is 2.16. The van der Waals surface area contributed by atoms with Crippen LogP contribution in [0.2, 0.25) is 0 Å². The number of β-amino-alcohol motifs (C(OH)–C–C–N with tert-alkyl or cyclic N) is 1. The molecule has 2 rings (SSSR count). The Morgan fingerprint density at radius 3 is 2.71 bits per heavy atom. The number of rotatable bonds is 7. The second kappa shape index (κ2) is 8.77. The molecule has 116 valence electrons. The molecular weight excluding hydrogens is 270 g/mol. The van der Waals surface area contributed by atoms with Crippen molar-refractivity contribution in [3.8, 4) is 0 Å². The third-order valence-electron chi connectivity index (χ3n) is 3.50. The quantitative estimate of drug-likeness (QED) is 0.766. The number of benzene rings is 1. The third kappa shape index (κ3) is 6.25. The summed E-state index contributed by atoms with van der Waals surface area (Å²) in [6.45, 7) is 4.00. The molecule has 1 N–H and O–H groups in total. The van der Waals surface area contributed by atoms with Crippen LogP contribution in [0.4, 0.5) is 0 Å². The standard InChI is InChI=1S/C16H23NO4/c18-15(12-17-8-10-20-11-9-17)6-7-16(19)21-13-14-4-2-1-3-5-14/h1-5,15,18H,6-13H2/t15-/m0/s1. The Morgan fingerprint density at radius 2 is 2.00 bits per heavy atom. The Balaban J connectivity index is 1.59. The van der Waals surface area contributed by atoms with E-state index in [0.29, 0.717) is 32.8 Å². The van der Waals surface area contributed by atoms with Crippen LogP contribution in [0.25, 0.3) is 0 Å². The van der Waals surface area contributed by atoms with Crippen LogP contribution in [0.3, 0.4) is 0 Å². The molecule has 1 heterocycles. The Bertz CT molecular complexity index is 418. The van der Waals surface area contributed by atoms with Gasteiger partial charge in [0.25, 0.3) is 0 Å². The molecule has 0 aliphatic carbocycles. The van der Waals surface area contributed by atoms with Gasteiger partial charge in [0.2, 0.25) is 0 Å². The number of aliphatic hydroxyl groups is 1. The Morgan fingerprint density at radius 1 is 1.29 bits per heavy atom. The van der Waals surface area contributed by atoms with Crippen molar-refractivity contribution < 1.29 is 19.4 Å². The van der Waals surface area contributed by atoms with E-state index in [4.69, 9.17) is 9.47 Å². The molecular formula is C16H23NO4. The van der Waals surface area contributed by atoms with Gasteiger partial charge in [0.1, 0.15) is 6.61 Å². The van der Waals surface area contributed by atoms with Gasteiger partial charge in [-0.3, -0.25) is 9.69 Å². The minimum absolute atomic E-state index is 0.248. The highest BCUT2D eigenvalue weighted by molar-refractivity contribution is 5.69. The zero-order valence-corrected chi connectivity index (χ0v) is 12.2. The first kappa shape index (κ1) is 15.9. The van der Waals surface area contributed by atoms with E-state index in [1.54, 1.807) is 0 Å². The number of carbonyl (C=O) groups excluding carboxylic acids is 1. The van der Waals surface area contributed by atoms with Gasteiger partial charge in [-0.05, 0) is 12.0 Å². The van der Waals surface area contributed by atoms with Crippen molar-refractivity contribution in [1.29, 1.82) is 0 Å². The molecule has 0 spiro atoms. The summed E-state index contributed by atoms with van der Waals surface area (Å²) in [5.74, 6) is -0.264. The van der Waals surface area contributed by atoms with Gasteiger partial charge < -0.3 is 14.6 Å². The number of esters is 1. The summed E-state index contributed by atoms with van der Waals surface area (Å²) in [6, 6.07) is 9.58. The van der Waals surface area contributed by atoms with Crippen molar-refractivity contribution in [2.45, 2.75) is 25.6 Å². The van der Waals surface area contributed by atoms with E-state index < -0.39 is 6.10 Å². The second-order valence-corrected chi connectivity index (χ2v) is 5.25. The second-order valence-electron chi connectivity index (χ2n) is 5.25. The minimum atomic E-state index is -0.493. The van der Waals surface area contributed by atoms with Gasteiger partial charge in [0.15, 0.2) is 0 Å². The molecule has 1 fully saturated rings. The molecule has 0 radical (unpaired) electrons. The first-order valence-corrected chi connectivity index (χ1v) is 7.42. The molecule has 1 aromatic carbocycles. The normalized spacial score (nSPS) is 17.4. The summed E-state index contributed by atoms with van der Waals surface area (Å²) in [5, 5.41) is 9.95. The largest absolute Gasteiger partial charge is 0.461 e. The molecule has 0 amide bonds. The molecule has 1 aliphatic heterocycles. The Kier molecular flexibility index (Phi) is 6.66. The molecule has 5 heteroatoms. The van der Waals surface area contributed by atoms with E-state index in [-0.39, 0.29) is 12.4 Å². The van der Waals surface area contributed by atoms with Crippen LogP contribution in [0, 0.1) is 0 Å². The van der Waals surface area contributed by atoms with Crippen molar-refractivity contribution >= 4 is 5.97 Å². The number of nitrogens with zero attached hydrogens (tertiary/aromatic N) is 1. The van der Waals surface area contributed by atoms with Crippen molar-refractivity contribution in [2.75, 3.05) is 32.8 Å². The van der Waals surface area contributed by atoms with E-state index in [1.165, 1.54) is 0 Å². The van der Waals surface area contributed by atoms with Crippen molar-refractivity contribution in [3.63, 3.8) is 0 Å². The summed E-state index contributed by atoms with van der Waals surface area (Å²) in [5.41, 5.74) is 0.972. The van der Waals surface area contributed by atoms with E-state index in [1.807, 2.05) is 30.3 Å². The molecule has 21 heavy (non-hydrogen) atoms. The maximum atomic E-state index is 11.6. The van der Waals surface area contributed by atoms with Crippen LogP contribution in [-0.4, -0.2) is 54.9 Å². The monoisotopic (exact) mass is 293 g/mol. The van der Waals surface area contributed by atoms with E-state index >= 15 is 0 Å². The molecule has 0 bridgehead atoms. The molecule has 1 saturated heterocycles. The number of carbonyl (C=O) groups is 1. The van der Waals surface area contributed by atoms with Gasteiger partial charge in [-0.15, -0.1) is 0 Å². The topological polar surface area (TPSA) is 59.0 Å². The number of hydrogen-bond acceptors (Lipinski definition) is 5. The fourth-order valence-electron chi connectivity index (χ4n) is 2.27. The Labute approximate surface area is 125 Å². The van der Waals surface area contributed by atoms with Crippen LogP contribution in [0.1, 0.15) is 18.4 Å². The maximum Gasteiger partial charge on any atom is 0.306 e. The molecule has 1 aliphatic rings. The molecule has 0 aromatic heterocycles. The SMILES string of the molecule is O=C(CC[C@H](O)CN1CCOCC1)OCc1ccccc1. The lowest BCUT2D eigenvalue weighted by atomic mass is 10.2. The van der Waals surface area contributed by atoms with Crippen LogP contribution < -0.4 is 0 Å². The van der Waals surface area contributed by atoms with E-state index in [2.05, 4.69) is 4.90 Å². The average Bonchev–Trinajstić information content (AvgIpc) is 2.53.